The summed E-state index contributed by atoms with van der Waals surface area (Å²) in [5.41, 5.74) is 5.29. The molecule has 0 spiro atoms. The van der Waals surface area contributed by atoms with Crippen molar-refractivity contribution >= 4 is 69.0 Å². The molecule has 1 aliphatic rings. The minimum Gasteiger partial charge on any atom is -0.333 e. The van der Waals surface area contributed by atoms with Gasteiger partial charge in [0.2, 0.25) is 11.8 Å². The van der Waals surface area contributed by atoms with Gasteiger partial charge in [-0.25, -0.2) is 14.6 Å². The van der Waals surface area contributed by atoms with Gasteiger partial charge in [0.1, 0.15) is 17.9 Å². The normalized spacial score (nSPS) is 13.9. The van der Waals surface area contributed by atoms with Gasteiger partial charge in [-0.1, -0.05) is 52.1 Å². The molecule has 0 atom stereocenters. The first-order valence-corrected chi connectivity index (χ1v) is 14.3. The highest BCUT2D eigenvalue weighted by molar-refractivity contribution is 7.13. The van der Waals surface area contributed by atoms with Crippen molar-refractivity contribution < 1.29 is 9.59 Å². The molecule has 40 heavy (non-hydrogen) atoms. The topological polar surface area (TPSA) is 102 Å². The summed E-state index contributed by atoms with van der Waals surface area (Å²) in [5.74, 6) is 0.367. The summed E-state index contributed by atoms with van der Waals surface area (Å²) in [7, 11) is 0. The van der Waals surface area contributed by atoms with Crippen molar-refractivity contribution in [3.63, 3.8) is 0 Å². The quantitative estimate of drug-likeness (QED) is 0.270. The standard InChI is InChI=1S/C26H21Cl3N8O2S/c1-15-25(40-14-30-15)26-31-20-4-2-3-5-21(20)36(26)13-23(39)35-7-6-34(22(38)12-35)10-17-11-37(33-32-17)24-18(28)8-16(27)9-19(24)29/h2-5,8-9,11,14H,6-7,10,12-13H2,1H3. The van der Waals surface area contributed by atoms with Crippen LogP contribution in [0.5, 0.6) is 0 Å². The van der Waals surface area contributed by atoms with Crippen molar-refractivity contribution in [3.05, 3.63) is 74.6 Å². The first-order chi connectivity index (χ1) is 19.3. The molecule has 204 valence electrons. The van der Waals surface area contributed by atoms with Gasteiger partial charge in [0.15, 0.2) is 5.82 Å². The van der Waals surface area contributed by atoms with Crippen LogP contribution in [-0.4, -0.2) is 70.8 Å². The van der Waals surface area contributed by atoms with Gasteiger partial charge >= 0.3 is 0 Å². The highest BCUT2D eigenvalue weighted by atomic mass is 35.5. The minimum absolute atomic E-state index is 0.0244. The number of amides is 2. The number of para-hydroxylation sites is 2. The highest BCUT2D eigenvalue weighted by Gasteiger charge is 2.29. The second-order valence-electron chi connectivity index (χ2n) is 9.28. The molecule has 1 aliphatic heterocycles. The van der Waals surface area contributed by atoms with Gasteiger partial charge in [0, 0.05) is 18.1 Å². The zero-order valence-electron chi connectivity index (χ0n) is 21.1. The number of carbonyl (C=O) groups is 2. The van der Waals surface area contributed by atoms with Gasteiger partial charge in [-0.15, -0.1) is 16.4 Å². The van der Waals surface area contributed by atoms with Gasteiger partial charge in [-0.05, 0) is 31.2 Å². The molecule has 3 aromatic heterocycles. The zero-order chi connectivity index (χ0) is 28.0. The van der Waals surface area contributed by atoms with Crippen LogP contribution in [0.4, 0.5) is 0 Å². The van der Waals surface area contributed by atoms with Crippen LogP contribution in [0, 0.1) is 6.92 Å². The van der Waals surface area contributed by atoms with Gasteiger partial charge < -0.3 is 14.4 Å². The Kier molecular flexibility index (Phi) is 7.22. The molecule has 14 heteroatoms. The van der Waals surface area contributed by atoms with Crippen LogP contribution >= 0.6 is 46.1 Å². The summed E-state index contributed by atoms with van der Waals surface area (Å²) < 4.78 is 3.36. The molecule has 6 rings (SSSR count). The van der Waals surface area contributed by atoms with Crippen molar-refractivity contribution in [1.82, 2.24) is 39.3 Å². The predicted molar refractivity (Wildman–Crippen MR) is 154 cm³/mol. The van der Waals surface area contributed by atoms with E-state index in [1.807, 2.05) is 35.8 Å². The maximum atomic E-state index is 13.4. The number of aromatic nitrogens is 6. The van der Waals surface area contributed by atoms with Crippen LogP contribution < -0.4 is 0 Å². The van der Waals surface area contributed by atoms with E-state index in [-0.39, 0.29) is 31.4 Å². The number of imidazole rings is 1. The van der Waals surface area contributed by atoms with Crippen LogP contribution in [0.15, 0.2) is 48.1 Å². The number of halogens is 3. The number of hydrogen-bond acceptors (Lipinski definition) is 7. The SMILES string of the molecule is Cc1ncsc1-c1nc2ccccc2n1CC(=O)N1CCN(Cc2cn(-c3c(Cl)cc(Cl)cc3Cl)nn2)C(=O)C1. The molecular weight excluding hydrogens is 595 g/mol. The Hall–Kier alpha value is -3.51. The summed E-state index contributed by atoms with van der Waals surface area (Å²) in [6.07, 6.45) is 1.67. The molecule has 0 N–H and O–H groups in total. The molecule has 5 aromatic rings. The van der Waals surface area contributed by atoms with Crippen LogP contribution in [0.2, 0.25) is 15.1 Å². The fourth-order valence-electron chi connectivity index (χ4n) is 4.68. The lowest BCUT2D eigenvalue weighted by Gasteiger charge is -2.34. The molecule has 2 amide bonds. The number of rotatable bonds is 6. The average molecular weight is 616 g/mol. The molecule has 4 heterocycles. The molecule has 1 saturated heterocycles. The van der Waals surface area contributed by atoms with Crippen molar-refractivity contribution in [2.24, 2.45) is 0 Å². The van der Waals surface area contributed by atoms with E-state index in [0.29, 0.717) is 45.4 Å². The lowest BCUT2D eigenvalue weighted by Crippen LogP contribution is -2.52. The number of nitrogens with zero attached hydrogens (tertiary/aromatic N) is 8. The van der Waals surface area contributed by atoms with E-state index in [4.69, 9.17) is 39.8 Å². The van der Waals surface area contributed by atoms with Gasteiger partial charge in [-0.3, -0.25) is 9.59 Å². The van der Waals surface area contributed by atoms with Crippen LogP contribution in [0.25, 0.3) is 27.4 Å². The highest BCUT2D eigenvalue weighted by Crippen LogP contribution is 2.32. The summed E-state index contributed by atoms with van der Waals surface area (Å²) >= 11 is 20.1. The Morgan fingerprint density at radius 3 is 2.60 bits per heavy atom. The van der Waals surface area contributed by atoms with Crippen molar-refractivity contribution in [2.45, 2.75) is 20.0 Å². The maximum absolute atomic E-state index is 13.4. The minimum atomic E-state index is -0.175. The van der Waals surface area contributed by atoms with Crippen molar-refractivity contribution in [1.29, 1.82) is 0 Å². The number of piperazine rings is 1. The third kappa shape index (κ3) is 5.05. The second kappa shape index (κ2) is 10.8. The fraction of sp³-hybridized carbons (Fsp3) is 0.231. The van der Waals surface area contributed by atoms with Gasteiger partial charge in [0.25, 0.3) is 0 Å². The number of aryl methyl sites for hydroxylation is 1. The molecule has 0 unspecified atom stereocenters. The van der Waals surface area contributed by atoms with Gasteiger partial charge in [0.05, 0.1) is 56.4 Å². The molecule has 0 radical (unpaired) electrons. The first-order valence-electron chi connectivity index (χ1n) is 12.3. The van der Waals surface area contributed by atoms with E-state index >= 15 is 0 Å². The Balaban J connectivity index is 1.15. The molecule has 0 bridgehead atoms. The fourth-order valence-corrected chi connectivity index (χ4v) is 6.47. The van der Waals surface area contributed by atoms with E-state index in [0.717, 1.165) is 21.6 Å². The maximum Gasteiger partial charge on any atom is 0.243 e. The average Bonchev–Trinajstić information content (AvgIpc) is 3.64. The number of fused-ring (bicyclic) bond motifs is 1. The van der Waals surface area contributed by atoms with Crippen molar-refractivity contribution in [2.75, 3.05) is 19.6 Å². The summed E-state index contributed by atoms with van der Waals surface area (Å²) in [5, 5.41) is 9.36. The number of hydrogen-bond donors (Lipinski definition) is 0. The number of benzene rings is 2. The summed E-state index contributed by atoms with van der Waals surface area (Å²) in [6.45, 7) is 2.97. The summed E-state index contributed by atoms with van der Waals surface area (Å²) in [6, 6.07) is 10.8. The molecule has 0 aliphatic carbocycles. The first kappa shape index (κ1) is 26.7. The van der Waals surface area contributed by atoms with E-state index in [9.17, 15) is 9.59 Å². The Labute approximate surface area is 247 Å². The Bertz CT molecular complexity index is 1740. The second-order valence-corrected chi connectivity index (χ2v) is 11.4. The molecule has 2 aromatic carbocycles. The van der Waals surface area contributed by atoms with E-state index < -0.39 is 0 Å². The lowest BCUT2D eigenvalue weighted by molar-refractivity contribution is -0.146. The Morgan fingerprint density at radius 1 is 1.10 bits per heavy atom. The van der Waals surface area contributed by atoms with Gasteiger partial charge in [-0.2, -0.15) is 0 Å². The monoisotopic (exact) mass is 614 g/mol. The largest absolute Gasteiger partial charge is 0.333 e. The molecule has 1 fully saturated rings. The van der Waals surface area contributed by atoms with E-state index in [1.54, 1.807) is 33.6 Å². The lowest BCUT2D eigenvalue weighted by atomic mass is 10.2. The number of thiazole rings is 1. The smallest absolute Gasteiger partial charge is 0.243 e. The third-order valence-corrected chi connectivity index (χ3v) is 8.39. The van der Waals surface area contributed by atoms with E-state index in [2.05, 4.69) is 15.3 Å². The van der Waals surface area contributed by atoms with E-state index in [1.165, 1.54) is 16.0 Å². The van der Waals surface area contributed by atoms with Crippen LogP contribution in [-0.2, 0) is 22.7 Å². The molecule has 10 nitrogen and oxygen atoms in total. The van der Waals surface area contributed by atoms with Crippen molar-refractivity contribution in [3.8, 4) is 16.4 Å². The number of carbonyl (C=O) groups excluding carboxylic acids is 2. The Morgan fingerprint density at radius 2 is 1.88 bits per heavy atom. The zero-order valence-corrected chi connectivity index (χ0v) is 24.2. The van der Waals surface area contributed by atoms with Crippen LogP contribution in [0.1, 0.15) is 11.4 Å². The molecule has 0 saturated carbocycles. The predicted octanol–water partition coefficient (Wildman–Crippen LogP) is 4.88. The third-order valence-electron chi connectivity index (χ3n) is 6.67. The summed E-state index contributed by atoms with van der Waals surface area (Å²) in [4.78, 5) is 39.7. The van der Waals surface area contributed by atoms with Crippen LogP contribution in [0.3, 0.4) is 0 Å². The molecular formula is C26H21Cl3N8O2S.